The third kappa shape index (κ3) is 4.35. The minimum Gasteiger partial charge on any atom is -0.445 e. The first-order chi connectivity index (χ1) is 11.5. The van der Waals surface area contributed by atoms with Crippen LogP contribution in [-0.2, 0) is 9.59 Å². The minimum atomic E-state index is -0.517. The summed E-state index contributed by atoms with van der Waals surface area (Å²) in [5, 5.41) is 16.4. The Morgan fingerprint density at radius 1 is 1.29 bits per heavy atom. The third-order valence-corrected chi connectivity index (χ3v) is 2.94. The molecule has 10 heteroatoms. The quantitative estimate of drug-likeness (QED) is 0.292. The number of amides is 2. The summed E-state index contributed by atoms with van der Waals surface area (Å²) in [4.78, 5) is 35.4. The second kappa shape index (κ2) is 7.81. The summed E-state index contributed by atoms with van der Waals surface area (Å²) in [5.74, 6) is -1.15. The van der Waals surface area contributed by atoms with Crippen LogP contribution < -0.4 is 10.6 Å². The van der Waals surface area contributed by atoms with Gasteiger partial charge in [0.15, 0.2) is 5.78 Å². The molecule has 0 aliphatic carbocycles. The van der Waals surface area contributed by atoms with Crippen molar-refractivity contribution in [2.45, 2.75) is 13.3 Å². The fourth-order valence-corrected chi connectivity index (χ4v) is 1.62. The van der Waals surface area contributed by atoms with Crippen LogP contribution in [0.4, 0.5) is 0 Å². The number of nitrogens with zero attached hydrogens (tertiary/aromatic N) is 4. The second-order valence-corrected chi connectivity index (χ2v) is 4.75. The highest BCUT2D eigenvalue weighted by Gasteiger charge is 2.14. The summed E-state index contributed by atoms with van der Waals surface area (Å²) >= 11 is 0. The maximum absolute atomic E-state index is 11.9. The smallest absolute Gasteiger partial charge is 0.292 e. The van der Waals surface area contributed by atoms with Gasteiger partial charge in [0, 0.05) is 19.2 Å². The van der Waals surface area contributed by atoms with Gasteiger partial charge in [0.2, 0.25) is 5.88 Å². The molecule has 0 aliphatic heterocycles. The Kier molecular flexibility index (Phi) is 5.55. The Hall–Kier alpha value is -3.30. The van der Waals surface area contributed by atoms with Crippen molar-refractivity contribution in [3.05, 3.63) is 36.4 Å². The molecule has 0 bridgehead atoms. The van der Waals surface area contributed by atoms with Crippen LogP contribution in [0.3, 0.4) is 0 Å². The van der Waals surface area contributed by atoms with Gasteiger partial charge in [0.05, 0.1) is 11.8 Å². The van der Waals surface area contributed by atoms with E-state index in [-0.39, 0.29) is 23.7 Å². The molecular formula is C14H16N6O4. The van der Waals surface area contributed by atoms with Gasteiger partial charge in [-0.2, -0.15) is 0 Å². The lowest BCUT2D eigenvalue weighted by Crippen LogP contribution is -2.31. The predicted octanol–water partition coefficient (Wildman–Crippen LogP) is -0.363. The molecule has 2 aromatic heterocycles. The SMILES string of the molecule is C=C(C(C)=O)C(=O)NCCCNC(=O)c1nnn(-c2ccco2)n1. The average molecular weight is 332 g/mol. The first kappa shape index (κ1) is 17.1. The van der Waals surface area contributed by atoms with E-state index in [1.54, 1.807) is 12.1 Å². The zero-order valence-corrected chi connectivity index (χ0v) is 13.0. The van der Waals surface area contributed by atoms with E-state index in [9.17, 15) is 14.4 Å². The van der Waals surface area contributed by atoms with Gasteiger partial charge in [-0.05, 0) is 24.6 Å². The van der Waals surface area contributed by atoms with Crippen molar-refractivity contribution in [3.8, 4) is 5.88 Å². The van der Waals surface area contributed by atoms with Crippen molar-refractivity contribution < 1.29 is 18.8 Å². The number of ketones is 1. The number of carbonyl (C=O) groups excluding carboxylic acids is 3. The fraction of sp³-hybridized carbons (Fsp3) is 0.286. The number of aromatic nitrogens is 4. The van der Waals surface area contributed by atoms with E-state index in [1.807, 2.05) is 0 Å². The highest BCUT2D eigenvalue weighted by Crippen LogP contribution is 2.03. The van der Waals surface area contributed by atoms with E-state index in [2.05, 4.69) is 32.6 Å². The molecule has 0 aliphatic rings. The lowest BCUT2D eigenvalue weighted by atomic mass is 10.2. The van der Waals surface area contributed by atoms with Crippen LogP contribution in [0, 0.1) is 0 Å². The van der Waals surface area contributed by atoms with Gasteiger partial charge >= 0.3 is 0 Å². The third-order valence-electron chi connectivity index (χ3n) is 2.94. The molecule has 2 heterocycles. The highest BCUT2D eigenvalue weighted by molar-refractivity contribution is 6.17. The zero-order chi connectivity index (χ0) is 17.5. The van der Waals surface area contributed by atoms with E-state index < -0.39 is 11.8 Å². The number of Topliss-reactive ketones (excluding diaryl/α,β-unsaturated/α-hetero) is 1. The van der Waals surface area contributed by atoms with E-state index in [0.29, 0.717) is 18.8 Å². The molecule has 2 N–H and O–H groups in total. The largest absolute Gasteiger partial charge is 0.445 e. The van der Waals surface area contributed by atoms with Gasteiger partial charge in [-0.1, -0.05) is 11.4 Å². The molecule has 0 fully saturated rings. The second-order valence-electron chi connectivity index (χ2n) is 4.75. The van der Waals surface area contributed by atoms with Crippen LogP contribution in [0.15, 0.2) is 35.0 Å². The highest BCUT2D eigenvalue weighted by atomic mass is 16.3. The van der Waals surface area contributed by atoms with E-state index in [0.717, 1.165) is 4.80 Å². The molecule has 0 unspecified atom stereocenters. The van der Waals surface area contributed by atoms with E-state index in [1.165, 1.54) is 13.2 Å². The van der Waals surface area contributed by atoms with Gasteiger partial charge < -0.3 is 15.1 Å². The van der Waals surface area contributed by atoms with Crippen molar-refractivity contribution >= 4 is 17.6 Å². The van der Waals surface area contributed by atoms with Crippen molar-refractivity contribution in [3.63, 3.8) is 0 Å². The van der Waals surface area contributed by atoms with Crippen molar-refractivity contribution in [1.82, 2.24) is 30.8 Å². The van der Waals surface area contributed by atoms with Gasteiger partial charge in [-0.25, -0.2) is 0 Å². The van der Waals surface area contributed by atoms with E-state index >= 15 is 0 Å². The molecule has 0 atom stereocenters. The van der Waals surface area contributed by atoms with Crippen LogP contribution >= 0.6 is 0 Å². The Morgan fingerprint density at radius 3 is 2.71 bits per heavy atom. The summed E-state index contributed by atoms with van der Waals surface area (Å²) < 4.78 is 5.08. The van der Waals surface area contributed by atoms with Crippen molar-refractivity contribution in [2.75, 3.05) is 13.1 Å². The lowest BCUT2D eigenvalue weighted by molar-refractivity contribution is -0.121. The Morgan fingerprint density at radius 2 is 2.04 bits per heavy atom. The van der Waals surface area contributed by atoms with Gasteiger partial charge in [-0.3, -0.25) is 14.4 Å². The molecule has 0 aromatic carbocycles. The molecule has 24 heavy (non-hydrogen) atoms. The minimum absolute atomic E-state index is 0.0969. The molecule has 126 valence electrons. The topological polar surface area (TPSA) is 132 Å². The first-order valence-electron chi connectivity index (χ1n) is 7.09. The summed E-state index contributed by atoms with van der Waals surface area (Å²) in [6, 6.07) is 3.29. The van der Waals surface area contributed by atoms with Crippen LogP contribution in [0.5, 0.6) is 0 Å². The van der Waals surface area contributed by atoms with Crippen LogP contribution in [0.25, 0.3) is 5.88 Å². The fourth-order valence-electron chi connectivity index (χ4n) is 1.62. The molecule has 2 amide bonds. The molecule has 2 rings (SSSR count). The maximum Gasteiger partial charge on any atom is 0.292 e. The Balaban J connectivity index is 1.71. The number of nitrogens with one attached hydrogen (secondary N) is 2. The number of rotatable bonds is 8. The monoisotopic (exact) mass is 332 g/mol. The first-order valence-corrected chi connectivity index (χ1v) is 7.09. The zero-order valence-electron chi connectivity index (χ0n) is 13.0. The number of tetrazole rings is 1. The molecular weight excluding hydrogens is 316 g/mol. The molecule has 10 nitrogen and oxygen atoms in total. The van der Waals surface area contributed by atoms with Crippen LogP contribution in [-0.4, -0.2) is 50.9 Å². The summed E-state index contributed by atoms with van der Waals surface area (Å²) in [7, 11) is 0. The molecule has 0 spiro atoms. The number of furan rings is 1. The van der Waals surface area contributed by atoms with Crippen LogP contribution in [0.2, 0.25) is 0 Å². The molecule has 0 saturated heterocycles. The van der Waals surface area contributed by atoms with Crippen molar-refractivity contribution in [2.24, 2.45) is 0 Å². The Labute approximate surface area is 136 Å². The molecule has 0 radical (unpaired) electrons. The Bertz CT molecular complexity index is 749. The van der Waals surface area contributed by atoms with Crippen molar-refractivity contribution in [1.29, 1.82) is 0 Å². The molecule has 0 saturated carbocycles. The standard InChI is InChI=1S/C14H16N6O4/c1-9(10(2)21)13(22)15-6-4-7-16-14(23)12-17-19-20(18-12)11-5-3-8-24-11/h3,5,8H,1,4,6-7H2,2H3,(H,15,22)(H,16,23). The number of hydrogen-bond acceptors (Lipinski definition) is 7. The normalized spacial score (nSPS) is 10.2. The summed E-state index contributed by atoms with van der Waals surface area (Å²) in [5.41, 5.74) is -0.0993. The molecule has 2 aromatic rings. The number of hydrogen-bond donors (Lipinski definition) is 2. The summed E-state index contributed by atoms with van der Waals surface area (Å²) in [6.07, 6.45) is 1.92. The average Bonchev–Trinajstić information content (AvgIpc) is 3.23. The summed E-state index contributed by atoms with van der Waals surface area (Å²) in [6.45, 7) is 5.23. The predicted molar refractivity (Wildman–Crippen MR) is 81.2 cm³/mol. The lowest BCUT2D eigenvalue weighted by Gasteiger charge is -2.05. The van der Waals surface area contributed by atoms with E-state index in [4.69, 9.17) is 4.42 Å². The van der Waals surface area contributed by atoms with Gasteiger partial charge in [0.25, 0.3) is 17.6 Å². The number of carbonyl (C=O) groups is 3. The van der Waals surface area contributed by atoms with Crippen LogP contribution in [0.1, 0.15) is 24.0 Å². The van der Waals surface area contributed by atoms with Gasteiger partial charge in [-0.15, -0.1) is 10.2 Å². The van der Waals surface area contributed by atoms with Gasteiger partial charge in [0.1, 0.15) is 0 Å². The maximum atomic E-state index is 11.9.